The summed E-state index contributed by atoms with van der Waals surface area (Å²) >= 11 is 0. The van der Waals surface area contributed by atoms with Crippen molar-refractivity contribution in [2.45, 2.75) is 0 Å². The molecule has 0 N–H and O–H groups in total. The largest absolute Gasteiger partial charge is 0.368 e. The molecule has 0 atom stereocenters. The maximum Gasteiger partial charge on any atom is 0.253 e. The van der Waals surface area contributed by atoms with Crippen LogP contribution in [0.3, 0.4) is 0 Å². The zero-order valence-corrected chi connectivity index (χ0v) is 17.0. The number of halogens is 1. The van der Waals surface area contributed by atoms with Gasteiger partial charge in [-0.25, -0.2) is 4.39 Å². The average molecular weight is 410 g/mol. The quantitative estimate of drug-likeness (QED) is 0.773. The summed E-state index contributed by atoms with van der Waals surface area (Å²) in [5.74, 6) is -0.279. The van der Waals surface area contributed by atoms with Crippen LogP contribution in [0.4, 0.5) is 10.1 Å². The van der Waals surface area contributed by atoms with E-state index >= 15 is 0 Å². The monoisotopic (exact) mass is 410 g/mol. The summed E-state index contributed by atoms with van der Waals surface area (Å²) in [6.45, 7) is 6.03. The fraction of sp³-hybridized carbons (Fsp3) is 0.391. The lowest BCUT2D eigenvalue weighted by Gasteiger charge is -2.38. The van der Waals surface area contributed by atoms with E-state index in [9.17, 15) is 14.0 Å². The first kappa shape index (κ1) is 20.3. The molecule has 2 saturated heterocycles. The molecule has 30 heavy (non-hydrogen) atoms. The molecule has 2 fully saturated rings. The summed E-state index contributed by atoms with van der Waals surface area (Å²) in [6.07, 6.45) is 0. The van der Waals surface area contributed by atoms with Crippen LogP contribution < -0.4 is 4.90 Å². The van der Waals surface area contributed by atoms with E-state index < -0.39 is 0 Å². The topological polar surface area (TPSA) is 47.1 Å². The summed E-state index contributed by atoms with van der Waals surface area (Å²) < 4.78 is 13.1. The van der Waals surface area contributed by atoms with Gasteiger partial charge in [0.15, 0.2) is 0 Å². The Morgan fingerprint density at radius 2 is 1.33 bits per heavy atom. The predicted octanol–water partition coefficient (Wildman–Crippen LogP) is 1.93. The molecule has 0 saturated carbocycles. The fourth-order valence-electron chi connectivity index (χ4n) is 4.03. The van der Waals surface area contributed by atoms with Gasteiger partial charge in [-0.3, -0.25) is 14.5 Å². The van der Waals surface area contributed by atoms with Crippen molar-refractivity contribution in [1.82, 2.24) is 14.7 Å². The van der Waals surface area contributed by atoms with Crippen molar-refractivity contribution in [1.29, 1.82) is 0 Å². The van der Waals surface area contributed by atoms with E-state index in [2.05, 4.69) is 21.9 Å². The van der Waals surface area contributed by atoms with E-state index in [-0.39, 0.29) is 17.6 Å². The van der Waals surface area contributed by atoms with Crippen molar-refractivity contribution in [2.75, 3.05) is 63.8 Å². The number of amides is 2. The first-order valence-electron chi connectivity index (χ1n) is 10.4. The number of para-hydroxylation sites is 1. The van der Waals surface area contributed by atoms with Crippen molar-refractivity contribution in [3.05, 3.63) is 66.0 Å². The molecule has 0 bridgehead atoms. The van der Waals surface area contributed by atoms with Gasteiger partial charge >= 0.3 is 0 Å². The van der Waals surface area contributed by atoms with Crippen molar-refractivity contribution in [3.63, 3.8) is 0 Å². The van der Waals surface area contributed by atoms with E-state index in [1.165, 1.54) is 30.0 Å². The molecule has 2 aromatic carbocycles. The zero-order valence-electron chi connectivity index (χ0n) is 17.0. The van der Waals surface area contributed by atoms with Crippen LogP contribution in [-0.2, 0) is 4.79 Å². The third-order valence-electron chi connectivity index (χ3n) is 5.86. The number of rotatable bonds is 4. The lowest BCUT2D eigenvalue weighted by molar-refractivity contribution is -0.133. The molecular weight excluding hydrogens is 383 g/mol. The van der Waals surface area contributed by atoms with Gasteiger partial charge in [0, 0.05) is 63.6 Å². The number of benzene rings is 2. The van der Waals surface area contributed by atoms with Gasteiger partial charge in [-0.2, -0.15) is 0 Å². The zero-order chi connectivity index (χ0) is 20.9. The van der Waals surface area contributed by atoms with Gasteiger partial charge in [0.2, 0.25) is 5.91 Å². The smallest absolute Gasteiger partial charge is 0.253 e. The first-order chi connectivity index (χ1) is 14.6. The van der Waals surface area contributed by atoms with E-state index in [1.54, 1.807) is 4.90 Å². The Kier molecular flexibility index (Phi) is 6.28. The standard InChI is InChI=1S/C23H27FN4O2/c24-20-8-6-19(7-9-20)23(30)28-12-10-25(11-13-28)18-22(29)27-16-14-26(15-17-27)21-4-2-1-3-5-21/h1-9H,10-18H2. The van der Waals surface area contributed by atoms with Gasteiger partial charge in [0.25, 0.3) is 5.91 Å². The minimum Gasteiger partial charge on any atom is -0.368 e. The molecule has 2 aliphatic heterocycles. The lowest BCUT2D eigenvalue weighted by Crippen LogP contribution is -2.54. The molecule has 0 spiro atoms. The molecule has 0 aromatic heterocycles. The van der Waals surface area contributed by atoms with Crippen LogP contribution in [0.25, 0.3) is 0 Å². The van der Waals surface area contributed by atoms with Crippen LogP contribution in [-0.4, -0.2) is 85.4 Å². The summed E-state index contributed by atoms with van der Waals surface area (Å²) in [5.41, 5.74) is 1.70. The second kappa shape index (κ2) is 9.26. The van der Waals surface area contributed by atoms with Crippen molar-refractivity contribution in [2.24, 2.45) is 0 Å². The second-order valence-electron chi connectivity index (χ2n) is 7.78. The predicted molar refractivity (Wildman–Crippen MR) is 114 cm³/mol. The minimum atomic E-state index is -0.348. The molecule has 6 nitrogen and oxygen atoms in total. The summed E-state index contributed by atoms with van der Waals surface area (Å²) in [5, 5.41) is 0. The van der Waals surface area contributed by atoms with E-state index in [4.69, 9.17) is 0 Å². The van der Waals surface area contributed by atoms with Gasteiger partial charge in [-0.15, -0.1) is 0 Å². The highest BCUT2D eigenvalue weighted by Crippen LogP contribution is 2.16. The molecule has 7 heteroatoms. The maximum atomic E-state index is 13.1. The van der Waals surface area contributed by atoms with Gasteiger partial charge in [0.1, 0.15) is 5.82 Å². The summed E-state index contributed by atoms with van der Waals surface area (Å²) in [7, 11) is 0. The third kappa shape index (κ3) is 4.79. The van der Waals surface area contributed by atoms with Gasteiger partial charge < -0.3 is 14.7 Å². The molecule has 0 unspecified atom stereocenters. The Hall–Kier alpha value is -2.93. The summed E-state index contributed by atoms with van der Waals surface area (Å²) in [6, 6.07) is 15.9. The van der Waals surface area contributed by atoms with Gasteiger partial charge in [-0.05, 0) is 36.4 Å². The van der Waals surface area contributed by atoms with Crippen LogP contribution in [0.2, 0.25) is 0 Å². The molecule has 2 amide bonds. The van der Waals surface area contributed by atoms with E-state index in [1.807, 2.05) is 23.1 Å². The van der Waals surface area contributed by atoms with Crippen LogP contribution in [0.15, 0.2) is 54.6 Å². The Labute approximate surface area is 176 Å². The van der Waals surface area contributed by atoms with Crippen molar-refractivity contribution >= 4 is 17.5 Å². The average Bonchev–Trinajstić information content (AvgIpc) is 2.80. The van der Waals surface area contributed by atoms with Crippen LogP contribution in [0, 0.1) is 5.82 Å². The Morgan fingerprint density at radius 1 is 0.733 bits per heavy atom. The van der Waals surface area contributed by atoms with E-state index in [0.29, 0.717) is 38.3 Å². The van der Waals surface area contributed by atoms with Crippen LogP contribution >= 0.6 is 0 Å². The molecule has 2 heterocycles. The Bertz CT molecular complexity index is 859. The normalized spacial score (nSPS) is 17.8. The first-order valence-corrected chi connectivity index (χ1v) is 10.4. The molecular formula is C23H27FN4O2. The van der Waals surface area contributed by atoms with Crippen LogP contribution in [0.5, 0.6) is 0 Å². The Balaban J connectivity index is 1.22. The second-order valence-corrected chi connectivity index (χ2v) is 7.78. The molecule has 0 aliphatic carbocycles. The number of carbonyl (C=O) groups excluding carboxylic acids is 2. The molecule has 2 aromatic rings. The molecule has 158 valence electrons. The highest BCUT2D eigenvalue weighted by atomic mass is 19.1. The SMILES string of the molecule is O=C(CN1CCN(C(=O)c2ccc(F)cc2)CC1)N1CCN(c2ccccc2)CC1. The molecule has 0 radical (unpaired) electrons. The van der Waals surface area contributed by atoms with Crippen molar-refractivity contribution < 1.29 is 14.0 Å². The molecule has 2 aliphatic rings. The number of nitrogens with zero attached hydrogens (tertiary/aromatic N) is 4. The number of hydrogen-bond donors (Lipinski definition) is 0. The van der Waals surface area contributed by atoms with Gasteiger partial charge in [0.05, 0.1) is 6.54 Å². The fourth-order valence-corrected chi connectivity index (χ4v) is 4.03. The third-order valence-corrected chi connectivity index (χ3v) is 5.86. The highest BCUT2D eigenvalue weighted by molar-refractivity contribution is 5.94. The Morgan fingerprint density at radius 3 is 1.97 bits per heavy atom. The summed E-state index contributed by atoms with van der Waals surface area (Å²) in [4.78, 5) is 33.4. The number of piperazine rings is 2. The minimum absolute atomic E-state index is 0.0852. The van der Waals surface area contributed by atoms with E-state index in [0.717, 1.165) is 26.2 Å². The highest BCUT2D eigenvalue weighted by Gasteiger charge is 2.26. The van der Waals surface area contributed by atoms with Gasteiger partial charge in [-0.1, -0.05) is 18.2 Å². The van der Waals surface area contributed by atoms with Crippen molar-refractivity contribution in [3.8, 4) is 0 Å². The lowest BCUT2D eigenvalue weighted by atomic mass is 10.1. The van der Waals surface area contributed by atoms with Crippen LogP contribution in [0.1, 0.15) is 10.4 Å². The maximum absolute atomic E-state index is 13.1. The number of carbonyl (C=O) groups is 2. The number of hydrogen-bond acceptors (Lipinski definition) is 4. The number of anilines is 1. The molecule has 4 rings (SSSR count).